The molecule has 0 N–H and O–H groups in total. The lowest BCUT2D eigenvalue weighted by atomic mass is 10.0. The first kappa shape index (κ1) is 27.4. The first-order chi connectivity index (χ1) is 19.6. The first-order valence-electron chi connectivity index (χ1n) is 13.3. The summed E-state index contributed by atoms with van der Waals surface area (Å²) >= 11 is 1.88. The topological polar surface area (TPSA) is 3.88 Å². The van der Waals surface area contributed by atoms with E-state index in [0.29, 0.717) is 0 Å². The van der Waals surface area contributed by atoms with Crippen LogP contribution in [0, 0.1) is 74.0 Å². The minimum absolute atomic E-state index is 0.970. The molecule has 1 heterocycles. The summed E-state index contributed by atoms with van der Waals surface area (Å²) in [5.74, 6) is 21.6. The van der Waals surface area contributed by atoms with Crippen LogP contribution >= 0.6 is 11.8 Å². The van der Waals surface area contributed by atoms with Crippen molar-refractivity contribution in [3.63, 3.8) is 0 Å². The summed E-state index contributed by atoms with van der Waals surface area (Å²) in [5, 5.41) is 0. The minimum atomic E-state index is 0.970. The van der Waals surface area contributed by atoms with E-state index in [-0.39, 0.29) is 0 Å². The Balaban J connectivity index is 1.15. The van der Waals surface area contributed by atoms with Crippen molar-refractivity contribution in [1.82, 2.24) is 0 Å². The Labute approximate surface area is 244 Å². The molecule has 2 heteroatoms. The van der Waals surface area contributed by atoms with Crippen molar-refractivity contribution in [3.05, 3.63) is 162 Å². The van der Waals surface area contributed by atoms with Crippen LogP contribution in [0.25, 0.3) is 0 Å². The van der Waals surface area contributed by atoms with E-state index in [1.54, 1.807) is 0 Å². The standard InChI is InChI=1S/C38H29NS/c1-30-29-36(14-13-34-17-21-38(22-18-34)40-28-25-35-23-26-39(2)27-24-35)16-20-37(30)19-15-33-11-9-32(10-12-33)8-7-31-5-3-4-6-31/h3-6,9-12,16-18,20-24,26-27,29H,25,28H2,1-2H3/q+1. The second kappa shape index (κ2) is 13.8. The van der Waals surface area contributed by atoms with Crippen LogP contribution in [-0.4, -0.2) is 5.75 Å². The Hall–Kier alpha value is -4.16. The summed E-state index contributed by atoms with van der Waals surface area (Å²) in [6.45, 7) is 2.08. The molecule has 5 rings (SSSR count). The molecule has 0 amide bonds. The zero-order valence-electron chi connectivity index (χ0n) is 22.7. The highest BCUT2D eigenvalue weighted by Gasteiger charge is 2.13. The molecular formula is C38H29NS+. The molecule has 0 spiro atoms. The van der Waals surface area contributed by atoms with Gasteiger partial charge in [0, 0.05) is 50.6 Å². The van der Waals surface area contributed by atoms with Crippen molar-refractivity contribution in [2.75, 3.05) is 5.75 Å². The molecule has 1 fully saturated rings. The minimum Gasteiger partial charge on any atom is -0.208 e. The fourth-order valence-electron chi connectivity index (χ4n) is 4.02. The summed E-state index contributed by atoms with van der Waals surface area (Å²) in [5.41, 5.74) is 7.46. The van der Waals surface area contributed by atoms with Crippen LogP contribution < -0.4 is 4.57 Å². The number of thioether (sulfide) groups is 1. The molecule has 1 saturated carbocycles. The maximum absolute atomic E-state index is 3.30. The van der Waals surface area contributed by atoms with Crippen molar-refractivity contribution < 1.29 is 4.57 Å². The molecular weight excluding hydrogens is 502 g/mol. The molecule has 0 atom stereocenters. The molecule has 40 heavy (non-hydrogen) atoms. The van der Waals surface area contributed by atoms with Gasteiger partial charge >= 0.3 is 0 Å². The van der Waals surface area contributed by atoms with Gasteiger partial charge in [0.05, 0.1) is 5.92 Å². The predicted molar refractivity (Wildman–Crippen MR) is 165 cm³/mol. The monoisotopic (exact) mass is 531 g/mol. The van der Waals surface area contributed by atoms with Gasteiger partial charge in [-0.25, -0.2) is 4.57 Å². The van der Waals surface area contributed by atoms with Gasteiger partial charge in [-0.2, -0.15) is 0 Å². The number of aryl methyl sites for hydroxylation is 3. The van der Waals surface area contributed by atoms with E-state index in [9.17, 15) is 0 Å². The van der Waals surface area contributed by atoms with Gasteiger partial charge in [-0.15, -0.1) is 11.8 Å². The first-order valence-corrected chi connectivity index (χ1v) is 14.2. The Kier molecular flexibility index (Phi) is 9.43. The van der Waals surface area contributed by atoms with Crippen LogP contribution in [0.1, 0.15) is 38.9 Å². The van der Waals surface area contributed by atoms with Gasteiger partial charge < -0.3 is 0 Å². The van der Waals surface area contributed by atoms with Gasteiger partial charge in [0.1, 0.15) is 7.05 Å². The van der Waals surface area contributed by atoms with Gasteiger partial charge in [0.2, 0.25) is 0 Å². The summed E-state index contributed by atoms with van der Waals surface area (Å²) in [6.07, 6.45) is 13.3. The van der Waals surface area contributed by atoms with Gasteiger partial charge in [-0.05, 0) is 117 Å². The lowest BCUT2D eigenvalue weighted by molar-refractivity contribution is -0.671. The molecule has 4 aromatic rings. The predicted octanol–water partition coefficient (Wildman–Crippen LogP) is 6.71. The highest BCUT2D eigenvalue weighted by molar-refractivity contribution is 7.99. The molecule has 5 radical (unpaired) electrons. The van der Waals surface area contributed by atoms with E-state index in [1.165, 1.54) is 10.5 Å². The van der Waals surface area contributed by atoms with Crippen LogP contribution in [0.15, 0.2) is 96.2 Å². The van der Waals surface area contributed by atoms with Crippen molar-refractivity contribution in [3.8, 4) is 35.5 Å². The average Bonchev–Trinajstić information content (AvgIpc) is 3.51. The van der Waals surface area contributed by atoms with Gasteiger partial charge in [0.15, 0.2) is 12.4 Å². The lowest BCUT2D eigenvalue weighted by Crippen LogP contribution is -2.25. The second-order valence-electron chi connectivity index (χ2n) is 9.53. The summed E-state index contributed by atoms with van der Waals surface area (Å²) in [6, 6.07) is 27.2. The van der Waals surface area contributed by atoms with E-state index < -0.39 is 0 Å². The van der Waals surface area contributed by atoms with E-state index in [2.05, 4.69) is 108 Å². The molecule has 1 aromatic heterocycles. The van der Waals surface area contributed by atoms with Crippen molar-refractivity contribution in [1.29, 1.82) is 0 Å². The molecule has 1 aliphatic rings. The van der Waals surface area contributed by atoms with Crippen LogP contribution in [-0.2, 0) is 13.5 Å². The molecule has 3 aromatic carbocycles. The maximum Gasteiger partial charge on any atom is 0.168 e. The third-order valence-electron chi connectivity index (χ3n) is 6.38. The molecule has 0 saturated heterocycles. The van der Waals surface area contributed by atoms with Gasteiger partial charge in [-0.1, -0.05) is 35.5 Å². The van der Waals surface area contributed by atoms with E-state index in [0.717, 1.165) is 51.5 Å². The van der Waals surface area contributed by atoms with Crippen LogP contribution in [0.3, 0.4) is 0 Å². The molecule has 0 bridgehead atoms. The maximum atomic E-state index is 3.30. The third kappa shape index (κ3) is 8.17. The molecule has 1 nitrogen and oxygen atoms in total. The zero-order chi connectivity index (χ0) is 27.6. The number of benzene rings is 3. The summed E-state index contributed by atoms with van der Waals surface area (Å²) in [7, 11) is 2.04. The Morgan fingerprint density at radius 2 is 1.18 bits per heavy atom. The number of nitrogens with zero attached hydrogens (tertiary/aromatic N) is 1. The number of aromatic nitrogens is 1. The fourth-order valence-corrected chi connectivity index (χ4v) is 4.93. The summed E-state index contributed by atoms with van der Waals surface area (Å²) < 4.78 is 2.06. The SMILES string of the molecule is Cc1cc(C#Cc2ccc(SCCc3cc[n+](C)cc3)cc2)ccc1C#Cc1ccc(C#C[C]2[CH][CH][CH][CH]2)cc1. The molecule has 1 aliphatic carbocycles. The van der Waals surface area contributed by atoms with Crippen molar-refractivity contribution >= 4 is 11.8 Å². The summed E-state index contributed by atoms with van der Waals surface area (Å²) in [4.78, 5) is 1.27. The number of pyridine rings is 1. The Bertz CT molecular complexity index is 1620. The lowest BCUT2D eigenvalue weighted by Gasteiger charge is -2.02. The van der Waals surface area contributed by atoms with E-state index in [4.69, 9.17) is 0 Å². The van der Waals surface area contributed by atoms with Crippen molar-refractivity contribution in [2.24, 2.45) is 7.05 Å². The van der Waals surface area contributed by atoms with Crippen LogP contribution in [0.2, 0.25) is 0 Å². The second-order valence-corrected chi connectivity index (χ2v) is 10.7. The quantitative estimate of drug-likeness (QED) is 0.161. The molecule has 0 aliphatic heterocycles. The van der Waals surface area contributed by atoms with E-state index in [1.807, 2.05) is 74.8 Å². The zero-order valence-corrected chi connectivity index (χ0v) is 23.6. The van der Waals surface area contributed by atoms with Gasteiger partial charge in [0.25, 0.3) is 0 Å². The fraction of sp³-hybridized carbons (Fsp3) is 0.105. The largest absolute Gasteiger partial charge is 0.208 e. The number of hydrogen-bond acceptors (Lipinski definition) is 1. The van der Waals surface area contributed by atoms with Crippen LogP contribution in [0.5, 0.6) is 0 Å². The Morgan fingerprint density at radius 1 is 0.625 bits per heavy atom. The normalized spacial score (nSPS) is 12.4. The van der Waals surface area contributed by atoms with Crippen LogP contribution in [0.4, 0.5) is 0 Å². The average molecular weight is 532 g/mol. The highest BCUT2D eigenvalue weighted by Crippen LogP contribution is 2.22. The third-order valence-corrected chi connectivity index (χ3v) is 7.39. The highest BCUT2D eigenvalue weighted by atomic mass is 32.2. The van der Waals surface area contributed by atoms with Gasteiger partial charge in [-0.3, -0.25) is 0 Å². The molecule has 0 unspecified atom stereocenters. The van der Waals surface area contributed by atoms with Crippen molar-refractivity contribution in [2.45, 2.75) is 18.2 Å². The Morgan fingerprint density at radius 3 is 1.82 bits per heavy atom. The van der Waals surface area contributed by atoms with E-state index >= 15 is 0 Å². The molecule has 191 valence electrons. The number of hydrogen-bond donors (Lipinski definition) is 0. The number of rotatable bonds is 4. The smallest absolute Gasteiger partial charge is 0.168 e.